The van der Waals surface area contributed by atoms with Gasteiger partial charge in [-0.3, -0.25) is 0 Å². The first-order valence-electron chi connectivity index (χ1n) is 3.19. The number of isocyanates is 2. The topological polar surface area (TPSA) is 103 Å². The monoisotopic (exact) mass is 173 g/mol. The van der Waals surface area contributed by atoms with E-state index in [0.717, 1.165) is 38.5 Å². The molecule has 1 rings (SSSR count). The molecule has 1 fully saturated rings. The number of morpholine rings is 1. The van der Waals surface area contributed by atoms with Crippen molar-refractivity contribution in [2.75, 3.05) is 26.3 Å². The Morgan fingerprint density at radius 2 is 1.42 bits per heavy atom. The van der Waals surface area contributed by atoms with Gasteiger partial charge in [0, 0.05) is 13.1 Å². The molecule has 1 saturated heterocycles. The first-order valence-corrected chi connectivity index (χ1v) is 3.19. The zero-order chi connectivity index (χ0) is 9.66. The number of carbonyl (C=O) groups excluding carboxylic acids is 2. The smallest absolute Gasteiger partial charge is 0.231 e. The van der Waals surface area contributed by atoms with Gasteiger partial charge >= 0.3 is 0 Å². The second-order valence-corrected chi connectivity index (χ2v) is 1.57. The summed E-state index contributed by atoms with van der Waals surface area (Å²) in [7, 11) is 0. The third-order valence-electron chi connectivity index (χ3n) is 0.846. The molecule has 3 N–H and O–H groups in total. The maximum Gasteiger partial charge on any atom is 0.231 e. The highest BCUT2D eigenvalue weighted by Crippen LogP contribution is 1.76. The van der Waals surface area contributed by atoms with Crippen LogP contribution in [0.25, 0.3) is 0 Å². The van der Waals surface area contributed by atoms with E-state index in [9.17, 15) is 0 Å². The summed E-state index contributed by atoms with van der Waals surface area (Å²) in [5.41, 5.74) is 0. The highest BCUT2D eigenvalue weighted by molar-refractivity contribution is 5.26. The molecule has 0 saturated carbocycles. The zero-order valence-corrected chi connectivity index (χ0v) is 6.55. The summed E-state index contributed by atoms with van der Waals surface area (Å²) in [6.45, 7) is 3.83. The molecule has 1 aliphatic heterocycles. The van der Waals surface area contributed by atoms with E-state index in [0.29, 0.717) is 0 Å². The van der Waals surface area contributed by atoms with E-state index in [-0.39, 0.29) is 0 Å². The molecule has 0 aromatic heterocycles. The van der Waals surface area contributed by atoms with Crippen molar-refractivity contribution >= 4 is 12.2 Å². The van der Waals surface area contributed by atoms with Crippen LogP contribution >= 0.6 is 0 Å². The average molecular weight is 173 g/mol. The Bertz CT molecular complexity index is 121. The van der Waals surface area contributed by atoms with Crippen molar-refractivity contribution < 1.29 is 14.3 Å². The van der Waals surface area contributed by atoms with Gasteiger partial charge in [0.15, 0.2) is 0 Å². The molecular weight excluding hydrogens is 162 g/mol. The Morgan fingerprint density at radius 3 is 1.50 bits per heavy atom. The van der Waals surface area contributed by atoms with Crippen molar-refractivity contribution in [3.05, 3.63) is 0 Å². The van der Waals surface area contributed by atoms with Gasteiger partial charge in [-0.15, -0.1) is 0 Å². The van der Waals surface area contributed by atoms with Crippen molar-refractivity contribution in [1.29, 1.82) is 10.8 Å². The van der Waals surface area contributed by atoms with Crippen LogP contribution in [0.1, 0.15) is 0 Å². The van der Waals surface area contributed by atoms with Crippen molar-refractivity contribution in [2.45, 2.75) is 0 Å². The van der Waals surface area contributed by atoms with Gasteiger partial charge in [-0.1, -0.05) is 0 Å². The third-order valence-corrected chi connectivity index (χ3v) is 0.846. The third kappa shape index (κ3) is 23.4. The lowest BCUT2D eigenvalue weighted by atomic mass is 10.5. The molecule has 1 aliphatic rings. The Labute approximate surface area is 69.9 Å². The highest BCUT2D eigenvalue weighted by atomic mass is 16.5. The second-order valence-electron chi connectivity index (χ2n) is 1.57. The van der Waals surface area contributed by atoms with Crippen molar-refractivity contribution in [3.8, 4) is 0 Å². The Morgan fingerprint density at radius 1 is 1.08 bits per heavy atom. The molecule has 0 atom stereocenters. The second kappa shape index (κ2) is 16.3. The van der Waals surface area contributed by atoms with Gasteiger partial charge in [-0.05, 0) is 0 Å². The molecule has 68 valence electrons. The molecule has 0 aromatic carbocycles. The first kappa shape index (κ1) is 13.3. The van der Waals surface area contributed by atoms with Gasteiger partial charge in [0.1, 0.15) is 0 Å². The molecule has 0 aliphatic carbocycles. The zero-order valence-electron chi connectivity index (χ0n) is 6.55. The molecule has 0 bridgehead atoms. The van der Waals surface area contributed by atoms with Crippen LogP contribution in [0.2, 0.25) is 0 Å². The van der Waals surface area contributed by atoms with Crippen LogP contribution in [0.4, 0.5) is 0 Å². The quantitative estimate of drug-likeness (QED) is 0.336. The molecule has 0 unspecified atom stereocenters. The first-order chi connectivity index (χ1) is 5.83. The van der Waals surface area contributed by atoms with Gasteiger partial charge in [0.05, 0.1) is 13.2 Å². The summed E-state index contributed by atoms with van der Waals surface area (Å²) in [6.07, 6.45) is 1.50. The fourth-order valence-corrected chi connectivity index (χ4v) is 0.516. The van der Waals surface area contributed by atoms with Crippen LogP contribution in [0.15, 0.2) is 0 Å². The number of nitrogens with one attached hydrogen (secondary N) is 3. The van der Waals surface area contributed by atoms with Gasteiger partial charge in [0.2, 0.25) is 12.2 Å². The molecule has 0 spiro atoms. The van der Waals surface area contributed by atoms with E-state index < -0.39 is 0 Å². The van der Waals surface area contributed by atoms with Gasteiger partial charge < -0.3 is 10.1 Å². The van der Waals surface area contributed by atoms with E-state index in [1.54, 1.807) is 0 Å². The van der Waals surface area contributed by atoms with E-state index in [4.69, 9.17) is 25.1 Å². The fraction of sp³-hybridized carbons (Fsp3) is 0.667. The summed E-state index contributed by atoms with van der Waals surface area (Å²) >= 11 is 0. The Hall–Kier alpha value is -1.32. The van der Waals surface area contributed by atoms with Crippen LogP contribution in [-0.2, 0) is 14.3 Å². The van der Waals surface area contributed by atoms with E-state index in [1.807, 2.05) is 0 Å². The van der Waals surface area contributed by atoms with Gasteiger partial charge in [-0.25, -0.2) is 20.4 Å². The molecule has 1 heterocycles. The SMILES string of the molecule is C1COCCN1.N=C=O.N=C=O. The number of hydrogen-bond donors (Lipinski definition) is 3. The maximum absolute atomic E-state index is 8.35. The van der Waals surface area contributed by atoms with Crippen molar-refractivity contribution in [1.82, 2.24) is 5.32 Å². The summed E-state index contributed by atoms with van der Waals surface area (Å²) in [5, 5.41) is 14.0. The van der Waals surface area contributed by atoms with Crippen LogP contribution in [0, 0.1) is 10.8 Å². The van der Waals surface area contributed by atoms with E-state index >= 15 is 0 Å². The standard InChI is InChI=1S/C4H9NO.2CHNO/c1-3-6-4-2-5-1;2*2-1-3/h5H,1-4H2;2*2H. The normalized spacial score (nSPS) is 13.3. The van der Waals surface area contributed by atoms with Crippen LogP contribution in [0.5, 0.6) is 0 Å². The molecule has 0 radical (unpaired) electrons. The lowest BCUT2D eigenvalue weighted by Gasteiger charge is -2.10. The molecule has 6 heteroatoms. The van der Waals surface area contributed by atoms with Crippen molar-refractivity contribution in [2.24, 2.45) is 0 Å². The van der Waals surface area contributed by atoms with Gasteiger partial charge in [0.25, 0.3) is 0 Å². The molecule has 12 heavy (non-hydrogen) atoms. The maximum atomic E-state index is 8.35. The van der Waals surface area contributed by atoms with E-state index in [2.05, 4.69) is 5.32 Å². The van der Waals surface area contributed by atoms with Crippen LogP contribution in [-0.4, -0.2) is 38.5 Å². The minimum Gasteiger partial charge on any atom is -0.379 e. The summed E-state index contributed by atoms with van der Waals surface area (Å²) in [6, 6.07) is 0. The number of rotatable bonds is 0. The molecular formula is C6H11N3O3. The summed E-state index contributed by atoms with van der Waals surface area (Å²) in [5.74, 6) is 0. The number of hydrogen-bond acceptors (Lipinski definition) is 6. The average Bonchev–Trinajstić information content (AvgIpc) is 2.10. The minimum absolute atomic E-state index is 0.750. The molecule has 0 amide bonds. The van der Waals surface area contributed by atoms with E-state index in [1.165, 1.54) is 0 Å². The predicted molar refractivity (Wildman–Crippen MR) is 40.5 cm³/mol. The molecule has 6 nitrogen and oxygen atoms in total. The Balaban J connectivity index is 0. The highest BCUT2D eigenvalue weighted by Gasteiger charge is 1.92. The fourth-order valence-electron chi connectivity index (χ4n) is 0.516. The summed E-state index contributed by atoms with van der Waals surface area (Å²) in [4.78, 5) is 16.7. The Kier molecular flexibility index (Phi) is 18.1. The largest absolute Gasteiger partial charge is 0.379 e. The lowest BCUT2D eigenvalue weighted by Crippen LogP contribution is -2.30. The minimum atomic E-state index is 0.750. The lowest BCUT2D eigenvalue weighted by molar-refractivity contribution is 0.109. The van der Waals surface area contributed by atoms with Crippen LogP contribution < -0.4 is 5.32 Å². The predicted octanol–water partition coefficient (Wildman–Crippen LogP) is -0.592. The van der Waals surface area contributed by atoms with Gasteiger partial charge in [-0.2, -0.15) is 0 Å². The van der Waals surface area contributed by atoms with Crippen molar-refractivity contribution in [3.63, 3.8) is 0 Å². The van der Waals surface area contributed by atoms with Crippen LogP contribution in [0.3, 0.4) is 0 Å². The summed E-state index contributed by atoms with van der Waals surface area (Å²) < 4.78 is 5.01. The number of ether oxygens (including phenoxy) is 1. The molecule has 0 aromatic rings.